The second-order valence-electron chi connectivity index (χ2n) is 6.73. The van der Waals surface area contributed by atoms with Crippen LogP contribution in [0.2, 0.25) is 0 Å². The molecule has 3 aromatic rings. The van der Waals surface area contributed by atoms with Crippen molar-refractivity contribution in [2.75, 3.05) is 11.9 Å². The van der Waals surface area contributed by atoms with Crippen LogP contribution in [0.25, 0.3) is 10.2 Å². The molecule has 8 nitrogen and oxygen atoms in total. The van der Waals surface area contributed by atoms with Crippen molar-refractivity contribution in [1.29, 1.82) is 0 Å². The van der Waals surface area contributed by atoms with Crippen LogP contribution >= 0.6 is 22.7 Å². The van der Waals surface area contributed by atoms with E-state index in [1.807, 2.05) is 0 Å². The molecule has 0 aliphatic carbocycles. The molecule has 1 amide bonds. The third-order valence-electron chi connectivity index (χ3n) is 4.74. The maximum absolute atomic E-state index is 12.8. The van der Waals surface area contributed by atoms with E-state index in [4.69, 9.17) is 4.74 Å². The van der Waals surface area contributed by atoms with Crippen LogP contribution in [0.15, 0.2) is 11.1 Å². The van der Waals surface area contributed by atoms with Gasteiger partial charge in [-0.15, -0.1) is 21.5 Å². The van der Waals surface area contributed by atoms with Crippen molar-refractivity contribution in [3.05, 3.63) is 32.1 Å². The van der Waals surface area contributed by atoms with Crippen LogP contribution in [0.5, 0.6) is 0 Å². The number of nitrogens with zero attached hydrogens (tertiary/aromatic N) is 4. The Balaban J connectivity index is 1.58. The molecule has 1 aliphatic heterocycles. The number of rotatable bonds is 6. The quantitative estimate of drug-likeness (QED) is 0.656. The number of carbonyl (C=O) groups excluding carboxylic acids is 1. The number of hydrogen-bond donors (Lipinski definition) is 1. The number of aryl methyl sites for hydroxylation is 2. The van der Waals surface area contributed by atoms with Crippen molar-refractivity contribution in [1.82, 2.24) is 19.7 Å². The predicted molar refractivity (Wildman–Crippen MR) is 109 cm³/mol. The molecule has 0 aromatic carbocycles. The Labute approximate surface area is 169 Å². The molecule has 1 fully saturated rings. The van der Waals surface area contributed by atoms with E-state index >= 15 is 0 Å². The van der Waals surface area contributed by atoms with Crippen molar-refractivity contribution in [2.45, 2.75) is 52.2 Å². The average molecular weight is 420 g/mol. The second kappa shape index (κ2) is 8.06. The molecule has 0 radical (unpaired) electrons. The highest BCUT2D eigenvalue weighted by Crippen LogP contribution is 2.33. The molecule has 3 aromatic heterocycles. The first-order chi connectivity index (χ1) is 13.6. The maximum atomic E-state index is 12.8. The van der Waals surface area contributed by atoms with Crippen LogP contribution < -0.4 is 10.9 Å². The monoisotopic (exact) mass is 419 g/mol. The van der Waals surface area contributed by atoms with E-state index in [9.17, 15) is 9.59 Å². The number of thiophene rings is 1. The SMILES string of the molecule is CCCCn1cnc2sc(C(=O)Nc3nnc(C4CCCO4)s3)c(C)c2c1=O. The largest absolute Gasteiger partial charge is 0.371 e. The van der Waals surface area contributed by atoms with Gasteiger partial charge in [-0.05, 0) is 31.7 Å². The Morgan fingerprint density at radius 3 is 3.00 bits per heavy atom. The fourth-order valence-corrected chi connectivity index (χ4v) is 5.06. The van der Waals surface area contributed by atoms with Crippen LogP contribution in [0, 0.1) is 6.92 Å². The lowest BCUT2D eigenvalue weighted by molar-refractivity contribution is 0.103. The van der Waals surface area contributed by atoms with Gasteiger partial charge in [0.05, 0.1) is 16.6 Å². The molecule has 10 heteroatoms. The summed E-state index contributed by atoms with van der Waals surface area (Å²) in [5, 5.41) is 12.7. The van der Waals surface area contributed by atoms with Crippen LogP contribution in [-0.2, 0) is 11.3 Å². The minimum absolute atomic E-state index is 0.0278. The van der Waals surface area contributed by atoms with E-state index in [0.29, 0.717) is 32.3 Å². The first kappa shape index (κ1) is 19.2. The molecule has 1 atom stereocenters. The Bertz CT molecular complexity index is 1070. The Hall–Kier alpha value is -2.17. The molecule has 148 valence electrons. The summed E-state index contributed by atoms with van der Waals surface area (Å²) in [6, 6.07) is 0. The number of unbranched alkanes of at least 4 members (excludes halogenated alkanes) is 1. The van der Waals surface area contributed by atoms with Crippen molar-refractivity contribution >= 4 is 43.9 Å². The Morgan fingerprint density at radius 2 is 2.25 bits per heavy atom. The minimum atomic E-state index is -0.296. The zero-order valence-corrected chi connectivity index (χ0v) is 17.4. The van der Waals surface area contributed by atoms with Crippen molar-refractivity contribution in [3.63, 3.8) is 0 Å². The lowest BCUT2D eigenvalue weighted by Crippen LogP contribution is -2.20. The van der Waals surface area contributed by atoms with Crippen LogP contribution in [0.3, 0.4) is 0 Å². The lowest BCUT2D eigenvalue weighted by atomic mass is 10.2. The van der Waals surface area contributed by atoms with Gasteiger partial charge >= 0.3 is 0 Å². The van der Waals surface area contributed by atoms with E-state index in [0.717, 1.165) is 37.3 Å². The van der Waals surface area contributed by atoms with Gasteiger partial charge in [-0.2, -0.15) is 0 Å². The number of aromatic nitrogens is 4. The van der Waals surface area contributed by atoms with Gasteiger partial charge in [0.15, 0.2) is 0 Å². The summed E-state index contributed by atoms with van der Waals surface area (Å²) < 4.78 is 7.22. The molecule has 0 bridgehead atoms. The molecule has 1 unspecified atom stereocenters. The van der Waals surface area contributed by atoms with E-state index in [1.54, 1.807) is 17.8 Å². The molecule has 1 aliphatic rings. The van der Waals surface area contributed by atoms with Crippen molar-refractivity contribution < 1.29 is 9.53 Å². The normalized spacial score (nSPS) is 16.7. The van der Waals surface area contributed by atoms with E-state index in [-0.39, 0.29) is 17.6 Å². The third kappa shape index (κ3) is 3.59. The Morgan fingerprint density at radius 1 is 1.39 bits per heavy atom. The van der Waals surface area contributed by atoms with Gasteiger partial charge < -0.3 is 4.74 Å². The van der Waals surface area contributed by atoms with Gasteiger partial charge in [0.1, 0.15) is 15.9 Å². The number of anilines is 1. The van der Waals surface area contributed by atoms with Crippen molar-refractivity contribution in [3.8, 4) is 0 Å². The molecule has 4 heterocycles. The summed E-state index contributed by atoms with van der Waals surface area (Å²) in [4.78, 5) is 31.0. The highest BCUT2D eigenvalue weighted by atomic mass is 32.1. The zero-order valence-electron chi connectivity index (χ0n) is 15.7. The van der Waals surface area contributed by atoms with E-state index in [2.05, 4.69) is 27.4 Å². The molecule has 4 rings (SSSR count). The average Bonchev–Trinajstić information content (AvgIpc) is 3.41. The van der Waals surface area contributed by atoms with Gasteiger partial charge in [0, 0.05) is 13.2 Å². The summed E-state index contributed by atoms with van der Waals surface area (Å²) in [6.45, 7) is 5.23. The maximum Gasteiger partial charge on any atom is 0.267 e. The highest BCUT2D eigenvalue weighted by molar-refractivity contribution is 7.21. The number of nitrogens with one attached hydrogen (secondary N) is 1. The van der Waals surface area contributed by atoms with Gasteiger partial charge in [-0.3, -0.25) is 19.5 Å². The standard InChI is InChI=1S/C18H21N5O3S2/c1-3-4-7-23-9-19-16-12(17(23)25)10(2)13(27-16)14(24)20-18-22-21-15(28-18)11-6-5-8-26-11/h9,11H,3-8H2,1-2H3,(H,20,22,24). The molecule has 0 spiro atoms. The first-order valence-corrected chi connectivity index (χ1v) is 11.0. The summed E-state index contributed by atoms with van der Waals surface area (Å²) in [5.41, 5.74) is 0.563. The topological polar surface area (TPSA) is 99.0 Å². The van der Waals surface area contributed by atoms with Crippen molar-refractivity contribution in [2.24, 2.45) is 0 Å². The first-order valence-electron chi connectivity index (χ1n) is 9.33. The lowest BCUT2D eigenvalue weighted by Gasteiger charge is -2.03. The van der Waals surface area contributed by atoms with E-state index < -0.39 is 0 Å². The third-order valence-corrected chi connectivity index (χ3v) is 6.87. The molecule has 1 saturated heterocycles. The van der Waals surface area contributed by atoms with Gasteiger partial charge in [0.2, 0.25) is 5.13 Å². The van der Waals surface area contributed by atoms with Gasteiger partial charge in [-0.1, -0.05) is 24.7 Å². The smallest absolute Gasteiger partial charge is 0.267 e. The fraction of sp³-hybridized carbons (Fsp3) is 0.500. The summed E-state index contributed by atoms with van der Waals surface area (Å²) in [5.74, 6) is -0.296. The summed E-state index contributed by atoms with van der Waals surface area (Å²) in [7, 11) is 0. The van der Waals surface area contributed by atoms with Gasteiger partial charge in [0.25, 0.3) is 11.5 Å². The molecular weight excluding hydrogens is 398 g/mol. The molecule has 0 saturated carbocycles. The zero-order chi connectivity index (χ0) is 19.7. The number of amides is 1. The minimum Gasteiger partial charge on any atom is -0.371 e. The van der Waals surface area contributed by atoms with Gasteiger partial charge in [-0.25, -0.2) is 4.98 Å². The van der Waals surface area contributed by atoms with Crippen LogP contribution in [0.4, 0.5) is 5.13 Å². The molecule has 1 N–H and O–H groups in total. The molecule has 28 heavy (non-hydrogen) atoms. The summed E-state index contributed by atoms with van der Waals surface area (Å²) >= 11 is 2.55. The second-order valence-corrected chi connectivity index (χ2v) is 8.74. The number of hydrogen-bond acceptors (Lipinski definition) is 8. The Kier molecular flexibility index (Phi) is 5.51. The molecular formula is C18H21N5O3S2. The predicted octanol–water partition coefficient (Wildman–Crippen LogP) is 3.52. The fourth-order valence-electron chi connectivity index (χ4n) is 3.21. The summed E-state index contributed by atoms with van der Waals surface area (Å²) in [6.07, 6.45) is 5.38. The van der Waals surface area contributed by atoms with Crippen LogP contribution in [-0.4, -0.2) is 32.3 Å². The number of carbonyl (C=O) groups is 1. The number of fused-ring (bicyclic) bond motifs is 1. The number of ether oxygens (including phenoxy) is 1. The van der Waals surface area contributed by atoms with E-state index in [1.165, 1.54) is 22.7 Å². The highest BCUT2D eigenvalue weighted by Gasteiger charge is 2.24. The van der Waals surface area contributed by atoms with Crippen LogP contribution in [0.1, 0.15) is 59.0 Å².